The minimum atomic E-state index is -5.27. The molecule has 26 heavy (non-hydrogen) atoms. The number of nitrogens with zero attached hydrogens (tertiary/aromatic N) is 2. The molecule has 0 amide bonds. The Morgan fingerprint density at radius 1 is 1.27 bits per heavy atom. The number of hydrogen-bond donors (Lipinski definition) is 0. The molecule has 5 nitrogen and oxygen atoms in total. The van der Waals surface area contributed by atoms with Crippen LogP contribution in [0.15, 0.2) is 35.5 Å². The van der Waals surface area contributed by atoms with Crippen LogP contribution < -0.4 is 4.74 Å². The molecule has 2 aromatic rings. The molecule has 2 aliphatic rings. The SMILES string of the molecule is N#Cc1cncc(Oc2ccc3c4c2C(F)CC4(F)C(F)(F)S3(=O)=O)c1. The van der Waals surface area contributed by atoms with Crippen molar-refractivity contribution in [2.75, 3.05) is 0 Å². The number of aromatic nitrogens is 1. The van der Waals surface area contributed by atoms with Crippen molar-refractivity contribution in [3.63, 3.8) is 0 Å². The Morgan fingerprint density at radius 3 is 2.69 bits per heavy atom. The number of alkyl halides is 4. The molecule has 1 aliphatic heterocycles. The highest BCUT2D eigenvalue weighted by Crippen LogP contribution is 2.66. The molecule has 10 heteroatoms. The molecule has 0 N–H and O–H groups in total. The van der Waals surface area contributed by atoms with E-state index in [1.54, 1.807) is 0 Å². The third-order valence-electron chi connectivity index (χ3n) is 4.50. The van der Waals surface area contributed by atoms with Crippen molar-refractivity contribution in [3.8, 4) is 17.6 Å². The number of benzene rings is 1. The molecule has 0 fully saturated rings. The lowest BCUT2D eigenvalue weighted by atomic mass is 9.98. The van der Waals surface area contributed by atoms with E-state index in [1.165, 1.54) is 18.5 Å². The fourth-order valence-electron chi connectivity index (χ4n) is 3.34. The summed E-state index contributed by atoms with van der Waals surface area (Å²) >= 11 is 0. The summed E-state index contributed by atoms with van der Waals surface area (Å²) in [5.74, 6) is -0.308. The van der Waals surface area contributed by atoms with Gasteiger partial charge in [-0.25, -0.2) is 17.2 Å². The number of sulfone groups is 1. The first-order valence-electron chi connectivity index (χ1n) is 7.29. The van der Waals surface area contributed by atoms with Crippen LogP contribution in [-0.2, 0) is 15.5 Å². The summed E-state index contributed by atoms with van der Waals surface area (Å²) < 4.78 is 87.1. The maximum absolute atomic E-state index is 15.0. The maximum atomic E-state index is 15.0. The average Bonchev–Trinajstić information content (AvgIpc) is 2.93. The first-order chi connectivity index (χ1) is 12.1. The first kappa shape index (κ1) is 16.8. The lowest BCUT2D eigenvalue weighted by Gasteiger charge is -2.22. The highest BCUT2D eigenvalue weighted by Gasteiger charge is 2.75. The molecule has 4 rings (SSSR count). The van der Waals surface area contributed by atoms with Gasteiger partial charge in [-0.3, -0.25) is 4.98 Å². The second kappa shape index (κ2) is 4.94. The van der Waals surface area contributed by atoms with E-state index >= 15 is 0 Å². The molecule has 1 aromatic heterocycles. The van der Waals surface area contributed by atoms with Crippen LogP contribution in [0.3, 0.4) is 0 Å². The van der Waals surface area contributed by atoms with Gasteiger partial charge < -0.3 is 4.74 Å². The number of hydrogen-bond acceptors (Lipinski definition) is 5. The van der Waals surface area contributed by atoms with Crippen molar-refractivity contribution >= 4 is 9.84 Å². The standard InChI is InChI=1S/C16H8F4N2O3S/c17-10-4-15(18)14-12(26(23,24)16(15,19)20)2-1-11(13(10)14)25-9-3-8(5-21)6-22-7-9/h1-3,6-7,10H,4H2. The summed E-state index contributed by atoms with van der Waals surface area (Å²) in [6.07, 6.45) is -1.06. The van der Waals surface area contributed by atoms with Crippen molar-refractivity contribution in [2.24, 2.45) is 0 Å². The fraction of sp³-hybridized carbons (Fsp3) is 0.250. The van der Waals surface area contributed by atoms with E-state index in [2.05, 4.69) is 4.98 Å². The molecule has 2 heterocycles. The lowest BCUT2D eigenvalue weighted by molar-refractivity contribution is -0.0772. The number of halogens is 4. The molecule has 0 saturated heterocycles. The van der Waals surface area contributed by atoms with Crippen molar-refractivity contribution in [3.05, 3.63) is 47.3 Å². The van der Waals surface area contributed by atoms with Crippen molar-refractivity contribution in [1.29, 1.82) is 5.26 Å². The lowest BCUT2D eigenvalue weighted by Crippen LogP contribution is -2.40. The maximum Gasteiger partial charge on any atom is 0.387 e. The predicted octanol–water partition coefficient (Wildman–Crippen LogP) is 3.70. The predicted molar refractivity (Wildman–Crippen MR) is 78.9 cm³/mol. The Kier molecular flexibility index (Phi) is 3.19. The Morgan fingerprint density at radius 2 is 2.00 bits per heavy atom. The molecule has 1 aliphatic carbocycles. The first-order valence-corrected chi connectivity index (χ1v) is 8.77. The van der Waals surface area contributed by atoms with E-state index in [1.807, 2.05) is 6.07 Å². The zero-order valence-electron chi connectivity index (χ0n) is 12.7. The average molecular weight is 384 g/mol. The molecule has 0 bridgehead atoms. The smallest absolute Gasteiger partial charge is 0.387 e. The normalized spacial score (nSPS) is 27.0. The summed E-state index contributed by atoms with van der Waals surface area (Å²) in [5.41, 5.74) is -4.97. The van der Waals surface area contributed by atoms with Crippen LogP contribution in [0.1, 0.15) is 29.3 Å². The molecular formula is C16H8F4N2O3S. The van der Waals surface area contributed by atoms with Crippen LogP contribution in [0.4, 0.5) is 17.6 Å². The molecular weight excluding hydrogens is 376 g/mol. The zero-order valence-corrected chi connectivity index (χ0v) is 13.5. The molecule has 0 saturated carbocycles. The topological polar surface area (TPSA) is 80.0 Å². The number of nitriles is 1. The minimum absolute atomic E-state index is 0.00331. The third-order valence-corrected chi connectivity index (χ3v) is 6.41. The van der Waals surface area contributed by atoms with Crippen molar-refractivity contribution in [2.45, 2.75) is 28.4 Å². The van der Waals surface area contributed by atoms with Crippen LogP contribution in [0.25, 0.3) is 0 Å². The summed E-state index contributed by atoms with van der Waals surface area (Å²) in [7, 11) is -5.27. The van der Waals surface area contributed by atoms with E-state index in [0.29, 0.717) is 0 Å². The Balaban J connectivity index is 1.91. The van der Waals surface area contributed by atoms with Crippen LogP contribution >= 0.6 is 0 Å². The summed E-state index contributed by atoms with van der Waals surface area (Å²) in [4.78, 5) is 2.80. The van der Waals surface area contributed by atoms with Crippen LogP contribution in [0, 0.1) is 11.3 Å². The minimum Gasteiger partial charge on any atom is -0.455 e. The molecule has 1 aromatic carbocycles. The van der Waals surface area contributed by atoms with E-state index < -0.39 is 49.4 Å². The molecule has 134 valence electrons. The highest BCUT2D eigenvalue weighted by molar-refractivity contribution is 7.93. The molecule has 2 atom stereocenters. The van der Waals surface area contributed by atoms with Gasteiger partial charge in [0, 0.05) is 29.8 Å². The monoisotopic (exact) mass is 384 g/mol. The highest BCUT2D eigenvalue weighted by atomic mass is 32.2. The van der Waals surface area contributed by atoms with Crippen LogP contribution in [-0.4, -0.2) is 18.7 Å². The second-order valence-corrected chi connectivity index (χ2v) is 7.93. The van der Waals surface area contributed by atoms with E-state index in [4.69, 9.17) is 10.00 Å². The van der Waals surface area contributed by atoms with Crippen LogP contribution in [0.2, 0.25) is 0 Å². The van der Waals surface area contributed by atoms with E-state index in [9.17, 15) is 26.0 Å². The molecule has 0 spiro atoms. The fourth-order valence-corrected chi connectivity index (χ4v) is 5.02. The van der Waals surface area contributed by atoms with Gasteiger partial charge in [0.2, 0.25) is 15.5 Å². The van der Waals surface area contributed by atoms with Gasteiger partial charge >= 0.3 is 5.25 Å². The summed E-state index contributed by atoms with van der Waals surface area (Å²) in [6, 6.07) is 4.85. The van der Waals surface area contributed by atoms with Gasteiger partial charge in [0.1, 0.15) is 23.7 Å². The Hall–Kier alpha value is -2.67. The molecule has 2 unspecified atom stereocenters. The van der Waals surface area contributed by atoms with Crippen molar-refractivity contribution < 1.29 is 30.7 Å². The van der Waals surface area contributed by atoms with Gasteiger partial charge in [-0.1, -0.05) is 0 Å². The van der Waals surface area contributed by atoms with Gasteiger partial charge in [-0.2, -0.15) is 14.0 Å². The van der Waals surface area contributed by atoms with Crippen molar-refractivity contribution in [1.82, 2.24) is 4.98 Å². The van der Waals surface area contributed by atoms with Gasteiger partial charge in [-0.05, 0) is 12.1 Å². The number of pyridine rings is 1. The quantitative estimate of drug-likeness (QED) is 0.738. The van der Waals surface area contributed by atoms with Gasteiger partial charge in [0.25, 0.3) is 0 Å². The summed E-state index contributed by atoms with van der Waals surface area (Å²) in [6.45, 7) is 0. The van der Waals surface area contributed by atoms with Gasteiger partial charge in [-0.15, -0.1) is 0 Å². The largest absolute Gasteiger partial charge is 0.455 e. The van der Waals surface area contributed by atoms with Crippen LogP contribution in [0.5, 0.6) is 11.5 Å². The van der Waals surface area contributed by atoms with Gasteiger partial charge in [0.05, 0.1) is 16.7 Å². The second-order valence-electron chi connectivity index (χ2n) is 5.97. The number of rotatable bonds is 2. The Bertz CT molecular complexity index is 1100. The van der Waals surface area contributed by atoms with Gasteiger partial charge in [0.15, 0.2) is 0 Å². The summed E-state index contributed by atoms with van der Waals surface area (Å²) in [5, 5.41) is 4.08. The molecule has 0 radical (unpaired) electrons. The number of ether oxygens (including phenoxy) is 1. The van der Waals surface area contributed by atoms with E-state index in [-0.39, 0.29) is 17.1 Å². The zero-order chi connectivity index (χ0) is 18.9. The van der Waals surface area contributed by atoms with E-state index in [0.717, 1.165) is 12.1 Å². The third kappa shape index (κ3) is 1.83. The Labute approximate surface area is 144 Å².